The fourth-order valence-corrected chi connectivity index (χ4v) is 3.08. The summed E-state index contributed by atoms with van der Waals surface area (Å²) >= 11 is 0. The largest absolute Gasteiger partial charge is 0.480 e. The van der Waals surface area contributed by atoms with Crippen LogP contribution in [0.5, 0.6) is 0 Å². The lowest BCUT2D eigenvalue weighted by molar-refractivity contribution is -0.134. The van der Waals surface area contributed by atoms with Gasteiger partial charge in [-0.1, -0.05) is 0 Å². The van der Waals surface area contributed by atoms with Crippen molar-refractivity contribution in [2.45, 2.75) is 0 Å². The van der Waals surface area contributed by atoms with Gasteiger partial charge in [0.1, 0.15) is 0 Å². The highest BCUT2D eigenvalue weighted by atomic mass is 32.2. The van der Waals surface area contributed by atoms with Gasteiger partial charge in [-0.05, 0) is 6.07 Å². The molecule has 1 aliphatic rings. The topological polar surface area (TPSA) is 104 Å². The number of carboxylic acid groups (broad SMARTS) is 1. The van der Waals surface area contributed by atoms with Crippen LogP contribution in [0.25, 0.3) is 0 Å². The monoisotopic (exact) mass is 286 g/mol. The number of carboxylic acids is 1. The van der Waals surface area contributed by atoms with Crippen molar-refractivity contribution in [3.8, 4) is 0 Å². The van der Waals surface area contributed by atoms with Crippen molar-refractivity contribution >= 4 is 21.9 Å². The Morgan fingerprint density at radius 2 is 1.79 bits per heavy atom. The van der Waals surface area contributed by atoms with E-state index < -0.39 is 21.7 Å². The second-order valence-electron chi connectivity index (χ2n) is 4.08. The van der Waals surface area contributed by atoms with E-state index in [4.69, 9.17) is 5.11 Å². The molecular weight excluding hydrogens is 272 g/mol. The van der Waals surface area contributed by atoms with E-state index in [0.29, 0.717) is 19.0 Å². The molecule has 1 aliphatic heterocycles. The number of aromatic nitrogens is 2. The van der Waals surface area contributed by atoms with Crippen LogP contribution >= 0.6 is 0 Å². The molecular formula is C10H14N4O4S. The van der Waals surface area contributed by atoms with Gasteiger partial charge in [-0.15, -0.1) is 0 Å². The first-order valence-corrected chi connectivity index (χ1v) is 7.31. The average molecular weight is 286 g/mol. The van der Waals surface area contributed by atoms with E-state index in [1.165, 1.54) is 4.31 Å². The third-order valence-corrected chi connectivity index (χ3v) is 4.54. The van der Waals surface area contributed by atoms with Crippen LogP contribution < -0.4 is 4.90 Å². The Kier molecular flexibility index (Phi) is 3.96. The summed E-state index contributed by atoms with van der Waals surface area (Å²) in [4.78, 5) is 20.6. The Morgan fingerprint density at radius 3 is 2.32 bits per heavy atom. The van der Waals surface area contributed by atoms with Crippen molar-refractivity contribution in [3.05, 3.63) is 18.5 Å². The van der Waals surface area contributed by atoms with Crippen LogP contribution in [0.3, 0.4) is 0 Å². The lowest BCUT2D eigenvalue weighted by Crippen LogP contribution is -2.50. The molecule has 19 heavy (non-hydrogen) atoms. The molecule has 0 spiro atoms. The lowest BCUT2D eigenvalue weighted by atomic mass is 10.4. The molecule has 0 bridgehead atoms. The van der Waals surface area contributed by atoms with Crippen LogP contribution in [0, 0.1) is 0 Å². The SMILES string of the molecule is O=C(O)CS(=O)(=O)N1CCN(c2ncccn2)CC1. The Balaban J connectivity index is 1.98. The lowest BCUT2D eigenvalue weighted by Gasteiger charge is -2.33. The van der Waals surface area contributed by atoms with Crippen LogP contribution in [-0.4, -0.2) is 65.7 Å². The maximum Gasteiger partial charge on any atom is 0.320 e. The second-order valence-corrected chi connectivity index (χ2v) is 6.05. The molecule has 0 aromatic carbocycles. The minimum atomic E-state index is -3.72. The first kappa shape index (κ1) is 13.7. The van der Waals surface area contributed by atoms with Crippen LogP contribution in [0.15, 0.2) is 18.5 Å². The molecule has 0 atom stereocenters. The molecule has 1 fully saturated rings. The summed E-state index contributed by atoms with van der Waals surface area (Å²) in [7, 11) is -3.72. The van der Waals surface area contributed by atoms with Crippen LogP contribution in [0.4, 0.5) is 5.95 Å². The van der Waals surface area contributed by atoms with Crippen molar-refractivity contribution in [1.82, 2.24) is 14.3 Å². The first-order valence-electron chi connectivity index (χ1n) is 5.70. The molecule has 0 saturated carbocycles. The summed E-state index contributed by atoms with van der Waals surface area (Å²) in [5, 5.41) is 8.57. The maximum absolute atomic E-state index is 11.7. The predicted octanol–water partition coefficient (Wildman–Crippen LogP) is -0.987. The minimum Gasteiger partial charge on any atom is -0.480 e. The average Bonchev–Trinajstić information content (AvgIpc) is 2.38. The van der Waals surface area contributed by atoms with E-state index in [2.05, 4.69) is 9.97 Å². The van der Waals surface area contributed by atoms with Gasteiger partial charge in [-0.3, -0.25) is 4.79 Å². The molecule has 2 heterocycles. The van der Waals surface area contributed by atoms with E-state index >= 15 is 0 Å². The summed E-state index contributed by atoms with van der Waals surface area (Å²) in [6, 6.07) is 1.71. The molecule has 9 heteroatoms. The molecule has 0 unspecified atom stereocenters. The molecule has 1 aromatic rings. The Morgan fingerprint density at radius 1 is 1.21 bits per heavy atom. The maximum atomic E-state index is 11.7. The van der Waals surface area contributed by atoms with Crippen molar-refractivity contribution in [1.29, 1.82) is 0 Å². The third kappa shape index (κ3) is 3.38. The van der Waals surface area contributed by atoms with Gasteiger partial charge in [0.05, 0.1) is 0 Å². The van der Waals surface area contributed by atoms with Crippen molar-refractivity contribution < 1.29 is 18.3 Å². The summed E-state index contributed by atoms with van der Waals surface area (Å²) < 4.78 is 24.7. The molecule has 8 nitrogen and oxygen atoms in total. The first-order chi connectivity index (χ1) is 8.99. The highest BCUT2D eigenvalue weighted by Crippen LogP contribution is 2.12. The van der Waals surface area contributed by atoms with Gasteiger partial charge in [0.15, 0.2) is 5.75 Å². The highest BCUT2D eigenvalue weighted by Gasteiger charge is 2.29. The zero-order chi connectivity index (χ0) is 13.9. The zero-order valence-electron chi connectivity index (χ0n) is 10.1. The summed E-state index contributed by atoms with van der Waals surface area (Å²) in [5.41, 5.74) is 0. The van der Waals surface area contributed by atoms with Crippen molar-refractivity contribution in [2.75, 3.05) is 36.8 Å². The Bertz CT molecular complexity index is 540. The molecule has 0 radical (unpaired) electrons. The van der Waals surface area contributed by atoms with E-state index in [1.807, 2.05) is 4.90 Å². The van der Waals surface area contributed by atoms with Gasteiger partial charge in [-0.25, -0.2) is 18.4 Å². The van der Waals surface area contributed by atoms with Gasteiger partial charge < -0.3 is 10.0 Å². The number of carbonyl (C=O) groups is 1. The molecule has 104 valence electrons. The third-order valence-electron chi connectivity index (χ3n) is 2.77. The van der Waals surface area contributed by atoms with Crippen LogP contribution in [0.1, 0.15) is 0 Å². The van der Waals surface area contributed by atoms with Crippen LogP contribution in [-0.2, 0) is 14.8 Å². The normalized spacial score (nSPS) is 17.4. The molecule has 1 saturated heterocycles. The smallest absolute Gasteiger partial charge is 0.320 e. The van der Waals surface area contributed by atoms with Gasteiger partial charge in [0.25, 0.3) is 0 Å². The van der Waals surface area contributed by atoms with Crippen LogP contribution in [0.2, 0.25) is 0 Å². The standard InChI is InChI=1S/C10H14N4O4S/c15-9(16)8-19(17,18)14-6-4-13(5-7-14)10-11-2-1-3-12-10/h1-3H,4-8H2,(H,15,16). The second kappa shape index (κ2) is 5.49. The van der Waals surface area contributed by atoms with E-state index in [0.717, 1.165) is 0 Å². The Hall–Kier alpha value is -1.74. The zero-order valence-corrected chi connectivity index (χ0v) is 11.0. The van der Waals surface area contributed by atoms with Gasteiger partial charge in [0, 0.05) is 38.6 Å². The molecule has 1 N–H and O–H groups in total. The number of anilines is 1. The fourth-order valence-electron chi connectivity index (χ4n) is 1.87. The minimum absolute atomic E-state index is 0.244. The summed E-state index contributed by atoms with van der Waals surface area (Å²) in [6.45, 7) is 1.38. The number of piperazine rings is 1. The van der Waals surface area contributed by atoms with Gasteiger partial charge >= 0.3 is 5.97 Å². The van der Waals surface area contributed by atoms with E-state index in [1.54, 1.807) is 18.5 Å². The number of aliphatic carboxylic acids is 1. The molecule has 1 aromatic heterocycles. The molecule has 2 rings (SSSR count). The number of hydrogen-bond acceptors (Lipinski definition) is 6. The molecule has 0 aliphatic carbocycles. The van der Waals surface area contributed by atoms with Crippen molar-refractivity contribution in [3.63, 3.8) is 0 Å². The van der Waals surface area contributed by atoms with Gasteiger partial charge in [0.2, 0.25) is 16.0 Å². The molecule has 0 amide bonds. The van der Waals surface area contributed by atoms with E-state index in [9.17, 15) is 13.2 Å². The number of nitrogens with zero attached hydrogens (tertiary/aromatic N) is 4. The summed E-state index contributed by atoms with van der Waals surface area (Å²) in [5.74, 6) is -1.65. The number of hydrogen-bond donors (Lipinski definition) is 1. The highest BCUT2D eigenvalue weighted by molar-refractivity contribution is 7.89. The fraction of sp³-hybridized carbons (Fsp3) is 0.500. The quantitative estimate of drug-likeness (QED) is 0.758. The number of sulfonamides is 1. The van der Waals surface area contributed by atoms with Gasteiger partial charge in [-0.2, -0.15) is 4.31 Å². The summed E-state index contributed by atoms with van der Waals surface area (Å²) in [6.07, 6.45) is 3.24. The van der Waals surface area contributed by atoms with E-state index in [-0.39, 0.29) is 13.1 Å². The predicted molar refractivity (Wildman–Crippen MR) is 67.2 cm³/mol. The Labute approximate surface area is 110 Å². The van der Waals surface area contributed by atoms with Crippen molar-refractivity contribution in [2.24, 2.45) is 0 Å². The number of rotatable bonds is 4.